The van der Waals surface area contributed by atoms with Gasteiger partial charge in [-0.3, -0.25) is 0 Å². The van der Waals surface area contributed by atoms with E-state index in [4.69, 9.17) is 14.5 Å². The second-order valence-electron chi connectivity index (χ2n) is 5.64. The van der Waals surface area contributed by atoms with Crippen LogP contribution in [0.4, 0.5) is 5.95 Å². The molecule has 0 aliphatic carbocycles. The molecule has 0 radical (unpaired) electrons. The number of nitrogens with zero attached hydrogens (tertiary/aromatic N) is 2. The van der Waals surface area contributed by atoms with Crippen LogP contribution in [-0.4, -0.2) is 48.5 Å². The number of benzene rings is 1. The van der Waals surface area contributed by atoms with Gasteiger partial charge in [0.2, 0.25) is 5.95 Å². The molecular weight excluding hydrogens is 254 g/mol. The molecule has 1 spiro atoms. The SMILES string of the molecule is c1ccc2[nH]c(N3CCOC4(CCOCC4)C3)nc2c1. The van der Waals surface area contributed by atoms with Gasteiger partial charge in [-0.05, 0) is 12.1 Å². The molecule has 0 unspecified atom stereocenters. The predicted molar refractivity (Wildman–Crippen MR) is 77.0 cm³/mol. The molecule has 106 valence electrons. The van der Waals surface area contributed by atoms with Crippen molar-refractivity contribution < 1.29 is 9.47 Å². The zero-order valence-corrected chi connectivity index (χ0v) is 11.5. The van der Waals surface area contributed by atoms with Gasteiger partial charge in [-0.15, -0.1) is 0 Å². The van der Waals surface area contributed by atoms with E-state index < -0.39 is 0 Å². The number of hydrogen-bond acceptors (Lipinski definition) is 4. The van der Waals surface area contributed by atoms with Crippen molar-refractivity contribution in [3.8, 4) is 0 Å². The number of rotatable bonds is 1. The summed E-state index contributed by atoms with van der Waals surface area (Å²) in [4.78, 5) is 10.4. The topological polar surface area (TPSA) is 50.4 Å². The van der Waals surface area contributed by atoms with Gasteiger partial charge in [-0.1, -0.05) is 12.1 Å². The number of anilines is 1. The first-order chi connectivity index (χ1) is 9.85. The van der Waals surface area contributed by atoms with Crippen LogP contribution in [-0.2, 0) is 9.47 Å². The predicted octanol–water partition coefficient (Wildman–Crippen LogP) is 1.95. The molecule has 2 saturated heterocycles. The second-order valence-corrected chi connectivity index (χ2v) is 5.64. The van der Waals surface area contributed by atoms with Crippen LogP contribution in [0.25, 0.3) is 11.0 Å². The molecule has 2 aliphatic rings. The van der Waals surface area contributed by atoms with Crippen LogP contribution in [0.1, 0.15) is 12.8 Å². The molecule has 0 saturated carbocycles. The number of hydrogen-bond donors (Lipinski definition) is 1. The minimum atomic E-state index is -0.0462. The van der Waals surface area contributed by atoms with Crippen molar-refractivity contribution in [2.24, 2.45) is 0 Å². The Morgan fingerprint density at radius 2 is 2.00 bits per heavy atom. The fraction of sp³-hybridized carbons (Fsp3) is 0.533. The monoisotopic (exact) mass is 273 g/mol. The van der Waals surface area contributed by atoms with Gasteiger partial charge in [0.15, 0.2) is 0 Å². The Bertz CT molecular complexity index is 565. The summed E-state index contributed by atoms with van der Waals surface area (Å²) in [7, 11) is 0. The number of H-pyrrole nitrogens is 1. The third-order valence-electron chi connectivity index (χ3n) is 4.33. The smallest absolute Gasteiger partial charge is 0.204 e. The molecule has 0 amide bonds. The Kier molecular flexibility index (Phi) is 2.89. The van der Waals surface area contributed by atoms with Crippen LogP contribution in [0.5, 0.6) is 0 Å². The molecule has 1 aromatic carbocycles. The average molecular weight is 273 g/mol. The highest BCUT2D eigenvalue weighted by Crippen LogP contribution is 2.31. The minimum absolute atomic E-state index is 0.0462. The minimum Gasteiger partial charge on any atom is -0.381 e. The van der Waals surface area contributed by atoms with Crippen LogP contribution in [0.2, 0.25) is 0 Å². The number of morpholine rings is 1. The van der Waals surface area contributed by atoms with Crippen molar-refractivity contribution in [3.63, 3.8) is 0 Å². The molecule has 4 rings (SSSR count). The van der Waals surface area contributed by atoms with E-state index >= 15 is 0 Å². The Morgan fingerprint density at radius 3 is 2.85 bits per heavy atom. The van der Waals surface area contributed by atoms with Crippen molar-refractivity contribution in [3.05, 3.63) is 24.3 Å². The summed E-state index contributed by atoms with van der Waals surface area (Å²) >= 11 is 0. The first-order valence-corrected chi connectivity index (χ1v) is 7.26. The van der Waals surface area contributed by atoms with Crippen molar-refractivity contribution in [2.75, 3.05) is 37.8 Å². The quantitative estimate of drug-likeness (QED) is 0.863. The molecule has 2 aromatic rings. The number of ether oxygens (including phenoxy) is 2. The zero-order chi connectivity index (χ0) is 13.4. The number of para-hydroxylation sites is 2. The number of aromatic amines is 1. The van der Waals surface area contributed by atoms with Gasteiger partial charge in [0.05, 0.1) is 29.8 Å². The lowest BCUT2D eigenvalue weighted by Crippen LogP contribution is -2.54. The molecule has 3 heterocycles. The molecule has 1 aromatic heterocycles. The van der Waals surface area contributed by atoms with Crippen LogP contribution >= 0.6 is 0 Å². The first-order valence-electron chi connectivity index (χ1n) is 7.26. The number of fused-ring (bicyclic) bond motifs is 1. The van der Waals surface area contributed by atoms with Gasteiger partial charge in [-0.2, -0.15) is 0 Å². The van der Waals surface area contributed by atoms with Gasteiger partial charge in [0.25, 0.3) is 0 Å². The molecule has 5 nitrogen and oxygen atoms in total. The van der Waals surface area contributed by atoms with E-state index in [9.17, 15) is 0 Å². The molecular formula is C15H19N3O2. The molecule has 0 bridgehead atoms. The Hall–Kier alpha value is -1.59. The molecule has 2 fully saturated rings. The highest BCUT2D eigenvalue weighted by atomic mass is 16.5. The van der Waals surface area contributed by atoms with Gasteiger partial charge < -0.3 is 19.4 Å². The Labute approximate surface area is 117 Å². The number of aromatic nitrogens is 2. The van der Waals surface area contributed by atoms with Gasteiger partial charge in [0, 0.05) is 32.6 Å². The van der Waals surface area contributed by atoms with Crippen LogP contribution in [0.15, 0.2) is 24.3 Å². The fourth-order valence-electron chi connectivity index (χ4n) is 3.16. The van der Waals surface area contributed by atoms with E-state index in [2.05, 4.69) is 16.0 Å². The summed E-state index contributed by atoms with van der Waals surface area (Å²) < 4.78 is 11.5. The third kappa shape index (κ3) is 2.07. The van der Waals surface area contributed by atoms with Crippen LogP contribution < -0.4 is 4.90 Å². The lowest BCUT2D eigenvalue weighted by atomic mass is 9.92. The van der Waals surface area contributed by atoms with Gasteiger partial charge in [-0.25, -0.2) is 4.98 Å². The first kappa shape index (κ1) is 12.2. The van der Waals surface area contributed by atoms with Crippen molar-refractivity contribution in [1.82, 2.24) is 9.97 Å². The van der Waals surface area contributed by atoms with Crippen molar-refractivity contribution in [1.29, 1.82) is 0 Å². The molecule has 2 aliphatic heterocycles. The highest BCUT2D eigenvalue weighted by molar-refractivity contribution is 5.77. The molecule has 1 N–H and O–H groups in total. The maximum atomic E-state index is 6.07. The zero-order valence-electron chi connectivity index (χ0n) is 11.5. The standard InChI is InChI=1S/C15H19N3O2/c1-2-4-13-12(3-1)16-14(17-13)18-7-10-20-15(11-18)5-8-19-9-6-15/h1-4H,5-11H2,(H,16,17). The summed E-state index contributed by atoms with van der Waals surface area (Å²) in [6, 6.07) is 8.16. The average Bonchev–Trinajstić information content (AvgIpc) is 2.92. The Balaban J connectivity index is 1.61. The highest BCUT2D eigenvalue weighted by Gasteiger charge is 2.39. The van der Waals surface area contributed by atoms with E-state index in [1.54, 1.807) is 0 Å². The van der Waals surface area contributed by atoms with E-state index in [1.807, 2.05) is 18.2 Å². The van der Waals surface area contributed by atoms with Gasteiger partial charge in [0.1, 0.15) is 0 Å². The summed E-state index contributed by atoms with van der Waals surface area (Å²) in [5.74, 6) is 0.959. The summed E-state index contributed by atoms with van der Waals surface area (Å²) in [5, 5.41) is 0. The fourth-order valence-corrected chi connectivity index (χ4v) is 3.16. The Morgan fingerprint density at radius 1 is 1.15 bits per heavy atom. The van der Waals surface area contributed by atoms with Crippen LogP contribution in [0.3, 0.4) is 0 Å². The lowest BCUT2D eigenvalue weighted by molar-refractivity contribution is -0.116. The summed E-state index contributed by atoms with van der Waals surface area (Å²) in [6.45, 7) is 4.15. The van der Waals surface area contributed by atoms with Gasteiger partial charge >= 0.3 is 0 Å². The van der Waals surface area contributed by atoms with Crippen molar-refractivity contribution in [2.45, 2.75) is 18.4 Å². The van der Waals surface area contributed by atoms with E-state index in [0.717, 1.165) is 62.7 Å². The summed E-state index contributed by atoms with van der Waals surface area (Å²) in [5.41, 5.74) is 2.07. The molecule has 5 heteroatoms. The maximum absolute atomic E-state index is 6.07. The normalized spacial score (nSPS) is 22.5. The second kappa shape index (κ2) is 4.75. The van der Waals surface area contributed by atoms with Crippen molar-refractivity contribution >= 4 is 17.0 Å². The molecule has 20 heavy (non-hydrogen) atoms. The largest absolute Gasteiger partial charge is 0.381 e. The summed E-state index contributed by atoms with van der Waals surface area (Å²) in [6.07, 6.45) is 1.95. The van der Waals surface area contributed by atoms with E-state index in [-0.39, 0.29) is 5.60 Å². The maximum Gasteiger partial charge on any atom is 0.204 e. The third-order valence-corrected chi connectivity index (χ3v) is 4.33. The van der Waals surface area contributed by atoms with E-state index in [0.29, 0.717) is 0 Å². The number of imidazole rings is 1. The van der Waals surface area contributed by atoms with E-state index in [1.165, 1.54) is 0 Å². The lowest BCUT2D eigenvalue weighted by Gasteiger charge is -2.44. The van der Waals surface area contributed by atoms with Crippen LogP contribution in [0, 0.1) is 0 Å². The number of nitrogens with one attached hydrogen (secondary N) is 1. The molecule has 0 atom stereocenters.